The molecule has 0 radical (unpaired) electrons. The van der Waals surface area contributed by atoms with E-state index in [9.17, 15) is 14.7 Å². The van der Waals surface area contributed by atoms with Gasteiger partial charge in [-0.2, -0.15) is 0 Å². The first kappa shape index (κ1) is 18.7. The van der Waals surface area contributed by atoms with Gasteiger partial charge in [0.05, 0.1) is 22.3 Å². The predicted molar refractivity (Wildman–Crippen MR) is 107 cm³/mol. The number of anilines is 2. The molecule has 1 aromatic heterocycles. The fourth-order valence-electron chi connectivity index (χ4n) is 4.18. The third kappa shape index (κ3) is 2.92. The maximum absolute atomic E-state index is 15.2. The van der Waals surface area contributed by atoms with Gasteiger partial charge in [-0.3, -0.25) is 4.79 Å². The lowest BCUT2D eigenvalue weighted by atomic mass is 10.0. The lowest BCUT2D eigenvalue weighted by Gasteiger charge is -2.24. The Hall–Kier alpha value is -2.61. The highest BCUT2D eigenvalue weighted by molar-refractivity contribution is 5.99. The highest BCUT2D eigenvalue weighted by atomic mass is 19.1. The average Bonchev–Trinajstić information content (AvgIpc) is 3.39. The van der Waals surface area contributed by atoms with Gasteiger partial charge in [0.2, 0.25) is 5.43 Å². The molecule has 2 aliphatic rings. The summed E-state index contributed by atoms with van der Waals surface area (Å²) in [5.41, 5.74) is 5.57. The van der Waals surface area contributed by atoms with Crippen LogP contribution in [0.3, 0.4) is 0 Å². The van der Waals surface area contributed by atoms with Gasteiger partial charge >= 0.3 is 5.97 Å². The number of pyridine rings is 1. The van der Waals surface area contributed by atoms with Crippen molar-refractivity contribution in [1.82, 2.24) is 9.88 Å². The lowest BCUT2D eigenvalue weighted by Crippen LogP contribution is -2.33. The minimum Gasteiger partial charge on any atom is -0.477 e. The molecule has 1 aliphatic carbocycles. The highest BCUT2D eigenvalue weighted by Crippen LogP contribution is 2.40. The zero-order chi connectivity index (χ0) is 20.2. The van der Waals surface area contributed by atoms with Crippen LogP contribution in [0.1, 0.15) is 42.6 Å². The SMILES string of the molecule is CNC(C)C1CCN(c2cc3c(c(N)c2F)c(=O)c(C(=O)O)cn3C2CC2)C1. The van der Waals surface area contributed by atoms with Crippen LogP contribution < -0.4 is 21.4 Å². The number of carboxylic acids is 1. The summed E-state index contributed by atoms with van der Waals surface area (Å²) in [6.07, 6.45) is 4.11. The molecule has 2 aromatic rings. The molecule has 4 N–H and O–H groups in total. The van der Waals surface area contributed by atoms with Crippen LogP contribution in [-0.4, -0.2) is 41.8 Å². The van der Waals surface area contributed by atoms with Crippen molar-refractivity contribution in [2.45, 2.75) is 38.3 Å². The van der Waals surface area contributed by atoms with Gasteiger partial charge in [0.15, 0.2) is 5.82 Å². The molecular weight excluding hydrogens is 363 g/mol. The van der Waals surface area contributed by atoms with Crippen LogP contribution in [0, 0.1) is 11.7 Å². The third-order valence-electron chi connectivity index (χ3n) is 6.18. The summed E-state index contributed by atoms with van der Waals surface area (Å²) in [5.74, 6) is -1.58. The topological polar surface area (TPSA) is 101 Å². The van der Waals surface area contributed by atoms with Gasteiger partial charge in [-0.1, -0.05) is 0 Å². The van der Waals surface area contributed by atoms with Crippen molar-refractivity contribution in [1.29, 1.82) is 0 Å². The zero-order valence-electron chi connectivity index (χ0n) is 16.0. The van der Waals surface area contributed by atoms with Crippen molar-refractivity contribution in [3.05, 3.63) is 33.9 Å². The van der Waals surface area contributed by atoms with E-state index in [-0.39, 0.29) is 22.7 Å². The molecule has 1 saturated heterocycles. The van der Waals surface area contributed by atoms with E-state index in [0.717, 1.165) is 19.3 Å². The predicted octanol–water partition coefficient (Wildman–Crippen LogP) is 2.19. The van der Waals surface area contributed by atoms with E-state index >= 15 is 4.39 Å². The number of benzene rings is 1. The molecule has 2 atom stereocenters. The normalized spacial score (nSPS) is 20.7. The summed E-state index contributed by atoms with van der Waals surface area (Å²) in [6, 6.07) is 2.10. The molecular formula is C20H25FN4O3. The van der Waals surface area contributed by atoms with E-state index in [4.69, 9.17) is 5.73 Å². The largest absolute Gasteiger partial charge is 0.477 e. The van der Waals surface area contributed by atoms with Gasteiger partial charge in [0.1, 0.15) is 5.56 Å². The van der Waals surface area contributed by atoms with Crippen molar-refractivity contribution >= 4 is 28.2 Å². The van der Waals surface area contributed by atoms with Crippen molar-refractivity contribution in [3.8, 4) is 0 Å². The summed E-state index contributed by atoms with van der Waals surface area (Å²) >= 11 is 0. The molecule has 1 aliphatic heterocycles. The number of halogens is 1. The summed E-state index contributed by atoms with van der Waals surface area (Å²) < 4.78 is 17.0. The number of carboxylic acid groups (broad SMARTS) is 1. The number of hydrogen-bond donors (Lipinski definition) is 3. The van der Waals surface area contributed by atoms with Crippen LogP contribution >= 0.6 is 0 Å². The molecule has 8 heteroatoms. The van der Waals surface area contributed by atoms with E-state index in [1.807, 2.05) is 11.9 Å². The van der Waals surface area contributed by atoms with Gasteiger partial charge in [-0.15, -0.1) is 0 Å². The number of nitrogen functional groups attached to an aromatic ring is 1. The number of nitrogens with two attached hydrogens (primary N) is 1. The van der Waals surface area contributed by atoms with Crippen molar-refractivity contribution in [2.24, 2.45) is 5.92 Å². The van der Waals surface area contributed by atoms with E-state index in [2.05, 4.69) is 12.2 Å². The number of nitrogens with one attached hydrogen (secondary N) is 1. The Bertz CT molecular complexity index is 1010. The van der Waals surface area contributed by atoms with Gasteiger partial charge in [0.25, 0.3) is 0 Å². The lowest BCUT2D eigenvalue weighted by molar-refractivity contribution is 0.0695. The zero-order valence-corrected chi connectivity index (χ0v) is 16.0. The first-order valence-electron chi connectivity index (χ1n) is 9.65. The molecule has 2 heterocycles. The Balaban J connectivity index is 1.88. The number of carbonyl (C=O) groups is 1. The van der Waals surface area contributed by atoms with Crippen molar-refractivity contribution in [3.63, 3.8) is 0 Å². The van der Waals surface area contributed by atoms with Crippen molar-refractivity contribution < 1.29 is 14.3 Å². The van der Waals surface area contributed by atoms with Crippen LogP contribution in [0.15, 0.2) is 17.1 Å². The minimum atomic E-state index is -1.33. The van der Waals surface area contributed by atoms with Crippen LogP contribution in [0.2, 0.25) is 0 Å². The molecule has 28 heavy (non-hydrogen) atoms. The molecule has 1 saturated carbocycles. The Morgan fingerprint density at radius 2 is 2.11 bits per heavy atom. The maximum atomic E-state index is 15.2. The summed E-state index contributed by atoms with van der Waals surface area (Å²) in [6.45, 7) is 3.52. The molecule has 4 rings (SSSR count). The molecule has 2 fully saturated rings. The second-order valence-electron chi connectivity index (χ2n) is 7.91. The van der Waals surface area contributed by atoms with Crippen LogP contribution in [0.5, 0.6) is 0 Å². The number of rotatable bonds is 5. The molecule has 7 nitrogen and oxygen atoms in total. The Morgan fingerprint density at radius 3 is 2.71 bits per heavy atom. The third-order valence-corrected chi connectivity index (χ3v) is 6.18. The molecule has 0 spiro atoms. The van der Waals surface area contributed by atoms with E-state index in [0.29, 0.717) is 36.3 Å². The van der Waals surface area contributed by atoms with Crippen LogP contribution in [0.4, 0.5) is 15.8 Å². The number of fused-ring (bicyclic) bond motifs is 1. The van der Waals surface area contributed by atoms with Crippen LogP contribution in [-0.2, 0) is 0 Å². The smallest absolute Gasteiger partial charge is 0.341 e. The molecule has 1 aromatic carbocycles. The Kier molecular flexibility index (Phi) is 4.53. The van der Waals surface area contributed by atoms with E-state index in [1.165, 1.54) is 6.20 Å². The summed E-state index contributed by atoms with van der Waals surface area (Å²) in [7, 11) is 1.91. The Labute approximate surface area is 161 Å². The molecule has 0 bridgehead atoms. The second kappa shape index (κ2) is 6.77. The highest BCUT2D eigenvalue weighted by Gasteiger charge is 2.32. The minimum absolute atomic E-state index is 0.0348. The molecule has 0 amide bonds. The van der Waals surface area contributed by atoms with Crippen LogP contribution in [0.25, 0.3) is 10.9 Å². The number of nitrogens with zero attached hydrogens (tertiary/aromatic N) is 2. The standard InChI is InChI=1S/C20H25FN4O3/c1-10(23-2)11-5-6-24(8-11)15-7-14-16(18(22)17(15)21)19(26)13(20(27)28)9-25(14)12-3-4-12/h7,9-12,23H,3-6,8,22H2,1-2H3,(H,27,28). The average molecular weight is 388 g/mol. The number of aromatic carboxylic acids is 1. The fraction of sp³-hybridized carbons (Fsp3) is 0.500. The summed E-state index contributed by atoms with van der Waals surface area (Å²) in [4.78, 5) is 26.2. The van der Waals surface area contributed by atoms with Gasteiger partial charge in [-0.25, -0.2) is 9.18 Å². The first-order chi connectivity index (χ1) is 13.3. The quantitative estimate of drug-likeness (QED) is 0.679. The number of hydrogen-bond acceptors (Lipinski definition) is 5. The van der Waals surface area contributed by atoms with Crippen molar-refractivity contribution in [2.75, 3.05) is 30.8 Å². The van der Waals surface area contributed by atoms with E-state index < -0.39 is 17.2 Å². The van der Waals surface area contributed by atoms with Gasteiger partial charge < -0.3 is 25.6 Å². The van der Waals surface area contributed by atoms with E-state index in [1.54, 1.807) is 10.6 Å². The summed E-state index contributed by atoms with van der Waals surface area (Å²) in [5, 5.41) is 12.6. The molecule has 2 unspecified atom stereocenters. The van der Waals surface area contributed by atoms with Gasteiger partial charge in [0, 0.05) is 31.4 Å². The number of aromatic nitrogens is 1. The second-order valence-corrected chi connectivity index (χ2v) is 7.91. The first-order valence-corrected chi connectivity index (χ1v) is 9.65. The maximum Gasteiger partial charge on any atom is 0.341 e. The van der Waals surface area contributed by atoms with Gasteiger partial charge in [-0.05, 0) is 45.2 Å². The molecule has 150 valence electrons. The fourth-order valence-corrected chi connectivity index (χ4v) is 4.18. The Morgan fingerprint density at radius 1 is 1.39 bits per heavy atom. The monoisotopic (exact) mass is 388 g/mol.